The van der Waals surface area contributed by atoms with Gasteiger partial charge in [0.25, 0.3) is 0 Å². The van der Waals surface area contributed by atoms with E-state index in [-0.39, 0.29) is 18.4 Å². The van der Waals surface area contributed by atoms with E-state index >= 15 is 8.78 Å². The van der Waals surface area contributed by atoms with E-state index < -0.39 is 36.5 Å². The number of pyridine rings is 1. The fraction of sp³-hybridized carbons (Fsp3) is 0.426. The number of anilines is 5. The van der Waals surface area contributed by atoms with Crippen LogP contribution in [0, 0.1) is 18.6 Å². The second-order valence-electron chi connectivity index (χ2n) is 17.4. The van der Waals surface area contributed by atoms with Gasteiger partial charge in [-0.05, 0) is 115 Å². The normalized spacial score (nSPS) is 18.1. The molecule has 3 saturated heterocycles. The van der Waals surface area contributed by atoms with Gasteiger partial charge in [0.2, 0.25) is 17.8 Å². The standard InChI is InChI=1S/C47H55BrF2N9O4P/c1-6-30-24-39(54-47-52-27-35(48)45(56-47)53-38-9-7-31-21-28(2)51-26-34(31)44(38)64(4,5)62)41(63-3)25-40(30)59-15-12-32(13-16-59)58-19-17-57(18-20-58)14-11-29-22-36(49)43(37(50)23-29)33-8-10-42(60)55-46(33)61/h7,9,21-27,32-33H,6,8,10-20H2,1-5H3,(H,55,60,61)(H2,52,53,54,56). The molecule has 0 radical (unpaired) electrons. The Bertz CT molecular complexity index is 2610. The van der Waals surface area contributed by atoms with Gasteiger partial charge in [0.05, 0.1) is 28.9 Å². The molecule has 0 spiro atoms. The van der Waals surface area contributed by atoms with Crippen LogP contribution in [0.5, 0.6) is 5.75 Å². The number of ether oxygens (including phenoxy) is 1. The summed E-state index contributed by atoms with van der Waals surface area (Å²) in [5.41, 5.74) is 4.98. The summed E-state index contributed by atoms with van der Waals surface area (Å²) in [5, 5.41) is 11.5. The maximum atomic E-state index is 15.1. The number of hydrogen-bond donors (Lipinski definition) is 3. The zero-order valence-electron chi connectivity index (χ0n) is 36.9. The summed E-state index contributed by atoms with van der Waals surface area (Å²) in [6, 6.07) is 13.3. The molecule has 1 atom stereocenters. The number of hydrogen-bond acceptors (Lipinski definition) is 12. The molecule has 5 aromatic rings. The minimum absolute atomic E-state index is 0.0644. The summed E-state index contributed by atoms with van der Waals surface area (Å²) in [6.45, 7) is 13.8. The smallest absolute Gasteiger partial charge is 0.234 e. The van der Waals surface area contributed by atoms with E-state index in [0.717, 1.165) is 91.7 Å². The number of rotatable bonds is 13. The lowest BCUT2D eigenvalue weighted by atomic mass is 9.89. The highest BCUT2D eigenvalue weighted by Gasteiger charge is 2.33. The van der Waals surface area contributed by atoms with Crippen LogP contribution in [0.15, 0.2) is 59.3 Å². The van der Waals surface area contributed by atoms with E-state index in [9.17, 15) is 14.2 Å². The van der Waals surface area contributed by atoms with E-state index in [0.29, 0.717) is 52.2 Å². The minimum Gasteiger partial charge on any atom is -0.494 e. The van der Waals surface area contributed by atoms with Crippen LogP contribution in [0.1, 0.15) is 60.9 Å². The molecule has 17 heteroatoms. The van der Waals surface area contributed by atoms with Gasteiger partial charge in [0, 0.05) is 104 Å². The summed E-state index contributed by atoms with van der Waals surface area (Å²) in [4.78, 5) is 45.1. The monoisotopic (exact) mass is 957 g/mol. The molecule has 0 bridgehead atoms. The number of piperazine rings is 1. The molecule has 2 aromatic heterocycles. The Balaban J connectivity index is 0.872. The van der Waals surface area contributed by atoms with Gasteiger partial charge in [-0.3, -0.25) is 24.8 Å². The molecule has 3 N–H and O–H groups in total. The molecule has 3 aromatic carbocycles. The van der Waals surface area contributed by atoms with Crippen LogP contribution in [0.2, 0.25) is 0 Å². The highest BCUT2D eigenvalue weighted by molar-refractivity contribution is 9.10. The van der Waals surface area contributed by atoms with Gasteiger partial charge in [0.15, 0.2) is 0 Å². The van der Waals surface area contributed by atoms with Crippen LogP contribution in [0.4, 0.5) is 37.6 Å². The maximum absolute atomic E-state index is 15.1. The van der Waals surface area contributed by atoms with Gasteiger partial charge < -0.3 is 29.7 Å². The Morgan fingerprint density at radius 3 is 2.33 bits per heavy atom. The summed E-state index contributed by atoms with van der Waals surface area (Å²) >= 11 is 3.61. The first kappa shape index (κ1) is 45.5. The van der Waals surface area contributed by atoms with E-state index in [1.807, 2.05) is 25.1 Å². The fourth-order valence-electron chi connectivity index (χ4n) is 9.41. The van der Waals surface area contributed by atoms with E-state index in [2.05, 4.69) is 75.6 Å². The van der Waals surface area contributed by atoms with Crippen molar-refractivity contribution in [3.05, 3.63) is 93.3 Å². The third-order valence-corrected chi connectivity index (χ3v) is 14.9. The van der Waals surface area contributed by atoms with Crippen molar-refractivity contribution in [2.45, 2.75) is 64.3 Å². The number of carbonyl (C=O) groups excluding carboxylic acids is 2. The van der Waals surface area contributed by atoms with Crippen LogP contribution in [-0.4, -0.2) is 109 Å². The molecular formula is C47H55BrF2N9O4P. The van der Waals surface area contributed by atoms with Crippen molar-refractivity contribution in [2.75, 3.05) is 81.8 Å². The van der Waals surface area contributed by atoms with Gasteiger partial charge in [0.1, 0.15) is 30.3 Å². The Kier molecular flexibility index (Phi) is 13.7. The Morgan fingerprint density at radius 2 is 1.66 bits per heavy atom. The number of nitrogens with one attached hydrogen (secondary N) is 3. The third kappa shape index (κ3) is 9.95. The number of benzene rings is 3. The number of nitrogens with zero attached hydrogens (tertiary/aromatic N) is 6. The van der Waals surface area contributed by atoms with Crippen LogP contribution >= 0.6 is 23.1 Å². The molecule has 64 heavy (non-hydrogen) atoms. The molecular weight excluding hydrogens is 903 g/mol. The number of carbonyl (C=O) groups is 2. The molecule has 0 aliphatic carbocycles. The quantitative estimate of drug-likeness (QED) is 0.0777. The second-order valence-corrected chi connectivity index (χ2v) is 21.4. The van der Waals surface area contributed by atoms with E-state index in [1.54, 1.807) is 32.8 Å². The molecule has 3 aliphatic rings. The Labute approximate surface area is 381 Å². The molecule has 1 unspecified atom stereocenters. The first-order valence-electron chi connectivity index (χ1n) is 21.9. The molecule has 8 rings (SSSR count). The van der Waals surface area contributed by atoms with Gasteiger partial charge in [-0.15, -0.1) is 0 Å². The lowest BCUT2D eigenvalue weighted by Crippen LogP contribution is -2.53. The number of methoxy groups -OCH3 is 1. The number of piperidine rings is 2. The fourth-order valence-corrected chi connectivity index (χ4v) is 11.2. The van der Waals surface area contributed by atoms with Gasteiger partial charge in [-0.1, -0.05) is 13.0 Å². The Hall–Kier alpha value is -5.02. The predicted molar refractivity (Wildman–Crippen MR) is 253 cm³/mol. The molecule has 2 amide bonds. The van der Waals surface area contributed by atoms with Gasteiger partial charge in [-0.2, -0.15) is 4.98 Å². The van der Waals surface area contributed by atoms with Crippen LogP contribution in [0.25, 0.3) is 10.8 Å². The number of aromatic nitrogens is 3. The summed E-state index contributed by atoms with van der Waals surface area (Å²) in [6.07, 6.45) is 7.03. The molecule has 338 valence electrons. The first-order valence-corrected chi connectivity index (χ1v) is 25.3. The van der Waals surface area contributed by atoms with Crippen molar-refractivity contribution in [1.29, 1.82) is 0 Å². The zero-order chi connectivity index (χ0) is 45.3. The van der Waals surface area contributed by atoms with Crippen molar-refractivity contribution in [1.82, 2.24) is 30.1 Å². The largest absolute Gasteiger partial charge is 0.494 e. The number of fused-ring (bicyclic) bond motifs is 1. The number of aryl methyl sites for hydroxylation is 2. The highest BCUT2D eigenvalue weighted by atomic mass is 79.9. The van der Waals surface area contributed by atoms with Crippen molar-refractivity contribution in [2.24, 2.45) is 0 Å². The van der Waals surface area contributed by atoms with Crippen LogP contribution < -0.4 is 30.9 Å². The number of amides is 2. The third-order valence-electron chi connectivity index (χ3n) is 12.7. The van der Waals surface area contributed by atoms with Crippen molar-refractivity contribution in [3.8, 4) is 5.75 Å². The van der Waals surface area contributed by atoms with E-state index in [4.69, 9.17) is 9.72 Å². The SMILES string of the molecule is CCc1cc(Nc2ncc(Br)c(Nc3ccc4cc(C)ncc4c3P(C)(C)=O)n2)c(OC)cc1N1CCC(N2CCN(CCc3cc(F)c(C4CCC(=O)NC4=O)c(F)c3)CC2)CC1. The summed E-state index contributed by atoms with van der Waals surface area (Å²) in [7, 11) is -1.07. The molecule has 0 saturated carbocycles. The van der Waals surface area contributed by atoms with Crippen LogP contribution in [0.3, 0.4) is 0 Å². The molecule has 3 aliphatic heterocycles. The van der Waals surface area contributed by atoms with Crippen LogP contribution in [-0.2, 0) is 27.0 Å². The summed E-state index contributed by atoms with van der Waals surface area (Å²) in [5.74, 6) is -1.95. The Morgan fingerprint density at radius 1 is 0.922 bits per heavy atom. The van der Waals surface area contributed by atoms with Gasteiger partial charge in [-0.25, -0.2) is 13.8 Å². The lowest BCUT2D eigenvalue weighted by molar-refractivity contribution is -0.134. The number of halogens is 3. The summed E-state index contributed by atoms with van der Waals surface area (Å²) < 4.78 is 50.4. The predicted octanol–water partition coefficient (Wildman–Crippen LogP) is 8.03. The molecule has 5 heterocycles. The lowest BCUT2D eigenvalue weighted by Gasteiger charge is -2.43. The topological polar surface area (TPSA) is 145 Å². The number of imide groups is 1. The second kappa shape index (κ2) is 19.2. The maximum Gasteiger partial charge on any atom is 0.234 e. The molecule has 3 fully saturated rings. The highest BCUT2D eigenvalue weighted by Crippen LogP contribution is 2.43. The van der Waals surface area contributed by atoms with Gasteiger partial charge >= 0.3 is 0 Å². The first-order chi connectivity index (χ1) is 30.7. The average Bonchev–Trinajstić information content (AvgIpc) is 3.27. The van der Waals surface area contributed by atoms with Crippen molar-refractivity contribution < 1.29 is 27.7 Å². The minimum atomic E-state index is -2.74. The van der Waals surface area contributed by atoms with Crippen molar-refractivity contribution >= 4 is 79.8 Å². The zero-order valence-corrected chi connectivity index (χ0v) is 39.4. The van der Waals surface area contributed by atoms with Crippen molar-refractivity contribution in [3.63, 3.8) is 0 Å². The average molecular weight is 959 g/mol. The van der Waals surface area contributed by atoms with E-state index in [1.165, 1.54) is 17.7 Å². The molecule has 13 nitrogen and oxygen atoms in total.